The standard InChI is InChI=1S/C18H15F5P2/c19-25(20,21,22,23)24(16-10-4-1-5-11-16,17-12-6-2-7-13-17)18-14-8-3-9-15-18/h1-15H. The van der Waals surface area contributed by atoms with Crippen LogP contribution in [0.3, 0.4) is 0 Å². The summed E-state index contributed by atoms with van der Waals surface area (Å²) in [6.45, 7) is -5.16. The fraction of sp³-hybridized carbons (Fsp3) is 0. The van der Waals surface area contributed by atoms with Gasteiger partial charge in [-0.25, -0.2) is 0 Å². The average Bonchev–Trinajstić information content (AvgIpc) is 2.56. The quantitative estimate of drug-likeness (QED) is 0.358. The third kappa shape index (κ3) is 2.96. The molecule has 0 aliphatic heterocycles. The number of hydrogen-bond donors (Lipinski definition) is 0. The van der Waals surface area contributed by atoms with Gasteiger partial charge in [0, 0.05) is 0 Å². The predicted octanol–water partition coefficient (Wildman–Crippen LogP) is 6.41. The molecule has 0 fully saturated rings. The van der Waals surface area contributed by atoms with Crippen molar-refractivity contribution in [3.8, 4) is 0 Å². The molecule has 0 atom stereocenters. The molecule has 0 aliphatic rings. The van der Waals surface area contributed by atoms with Crippen molar-refractivity contribution < 1.29 is 21.0 Å². The molecule has 0 aromatic heterocycles. The molecule has 3 aromatic carbocycles. The molecule has 3 rings (SSSR count). The molecule has 0 aliphatic carbocycles. The zero-order valence-corrected chi connectivity index (χ0v) is 14.7. The summed E-state index contributed by atoms with van der Waals surface area (Å²) in [7, 11) is -10.3. The van der Waals surface area contributed by atoms with Crippen LogP contribution in [0.5, 0.6) is 0 Å². The van der Waals surface area contributed by atoms with E-state index in [0.29, 0.717) is 0 Å². The summed E-state index contributed by atoms with van der Waals surface area (Å²) in [5, 5.41) is -1.17. The normalized spacial score (nSPS) is 15.2. The first-order chi connectivity index (χ1) is 11.6. The molecule has 0 nitrogen and oxygen atoms in total. The van der Waals surface area contributed by atoms with Gasteiger partial charge in [-0.3, -0.25) is 0 Å². The number of halogens is 5. The van der Waals surface area contributed by atoms with E-state index in [1.165, 1.54) is 54.6 Å². The molecule has 0 spiro atoms. The molecule has 0 amide bonds. The Kier molecular flexibility index (Phi) is 3.83. The number of benzene rings is 3. The Balaban J connectivity index is 2.56. The molecule has 0 saturated carbocycles. The van der Waals surface area contributed by atoms with Crippen molar-refractivity contribution in [1.29, 1.82) is 0 Å². The molecule has 0 bridgehead atoms. The van der Waals surface area contributed by atoms with Crippen LogP contribution >= 0.6 is 14.1 Å². The van der Waals surface area contributed by atoms with Gasteiger partial charge in [0.25, 0.3) is 0 Å². The first kappa shape index (κ1) is 18.0. The Morgan fingerprint density at radius 1 is 0.440 bits per heavy atom. The maximum atomic E-state index is 14.7. The third-order valence-corrected chi connectivity index (χ3v) is 13.7. The van der Waals surface area contributed by atoms with Gasteiger partial charge in [0.2, 0.25) is 0 Å². The van der Waals surface area contributed by atoms with Crippen LogP contribution in [0, 0.1) is 0 Å². The third-order valence-electron chi connectivity index (χ3n) is 3.96. The van der Waals surface area contributed by atoms with Crippen molar-refractivity contribution in [3.63, 3.8) is 0 Å². The van der Waals surface area contributed by atoms with Crippen LogP contribution in [-0.4, -0.2) is 0 Å². The van der Waals surface area contributed by atoms with Gasteiger partial charge in [0.1, 0.15) is 0 Å². The van der Waals surface area contributed by atoms with Crippen LogP contribution in [0.15, 0.2) is 91.0 Å². The van der Waals surface area contributed by atoms with E-state index in [1.54, 1.807) is 0 Å². The second kappa shape index (κ2) is 5.33. The van der Waals surface area contributed by atoms with E-state index >= 15 is 0 Å². The molecule has 7 heteroatoms. The van der Waals surface area contributed by atoms with Gasteiger partial charge < -0.3 is 0 Å². The molecule has 0 heterocycles. The predicted molar refractivity (Wildman–Crippen MR) is 97.6 cm³/mol. The SMILES string of the molecule is F[P-](F)(F)(F)(F)[P+](c1ccccc1)(c1ccccc1)c1ccccc1. The Bertz CT molecular complexity index is 767. The van der Waals surface area contributed by atoms with Crippen molar-refractivity contribution >= 4 is 30.1 Å². The molecule has 0 radical (unpaired) electrons. The van der Waals surface area contributed by atoms with E-state index in [1.807, 2.05) is 0 Å². The van der Waals surface area contributed by atoms with Gasteiger partial charge in [-0.2, -0.15) is 0 Å². The summed E-state index contributed by atoms with van der Waals surface area (Å²) in [5.74, 6) is 0. The van der Waals surface area contributed by atoms with Crippen LogP contribution in [0.4, 0.5) is 21.0 Å². The summed E-state index contributed by atoms with van der Waals surface area (Å²) >= 11 is 0. The van der Waals surface area contributed by atoms with Crippen LogP contribution in [0.1, 0.15) is 0 Å². The summed E-state index contributed by atoms with van der Waals surface area (Å²) < 4.78 is 73.3. The zero-order valence-electron chi connectivity index (χ0n) is 12.9. The molecule has 0 unspecified atom stereocenters. The fourth-order valence-electron chi connectivity index (χ4n) is 3.03. The maximum absolute atomic E-state index is 14.7. The topological polar surface area (TPSA) is 0 Å². The van der Waals surface area contributed by atoms with Crippen LogP contribution < -0.4 is 15.9 Å². The van der Waals surface area contributed by atoms with Gasteiger partial charge >= 0.3 is 142 Å². The first-order valence-electron chi connectivity index (χ1n) is 7.45. The van der Waals surface area contributed by atoms with Crippen LogP contribution in [0.25, 0.3) is 0 Å². The van der Waals surface area contributed by atoms with Crippen molar-refractivity contribution in [2.75, 3.05) is 0 Å². The second-order valence-corrected chi connectivity index (χ2v) is 14.6. The number of rotatable bonds is 4. The molecule has 0 saturated heterocycles. The van der Waals surface area contributed by atoms with E-state index in [0.717, 1.165) is 36.4 Å². The summed E-state index contributed by atoms with van der Waals surface area (Å²) in [4.78, 5) is 0. The molecule has 3 aromatic rings. The second-order valence-electron chi connectivity index (χ2n) is 5.66. The fourth-order valence-corrected chi connectivity index (χ4v) is 12.2. The minimum atomic E-state index is -10.3. The number of hydrogen-bond acceptors (Lipinski definition) is 0. The molecular formula is C18H15F5P2. The molecule has 132 valence electrons. The van der Waals surface area contributed by atoms with Gasteiger partial charge in [-0.1, -0.05) is 0 Å². The van der Waals surface area contributed by atoms with Crippen molar-refractivity contribution in [3.05, 3.63) is 91.0 Å². The molecular weight excluding hydrogens is 373 g/mol. The first-order valence-corrected chi connectivity index (χ1v) is 12.1. The van der Waals surface area contributed by atoms with Crippen LogP contribution in [-0.2, 0) is 0 Å². The summed E-state index contributed by atoms with van der Waals surface area (Å²) in [6.07, 6.45) is 0. The Morgan fingerprint density at radius 2 is 0.680 bits per heavy atom. The molecule has 0 N–H and O–H groups in total. The van der Waals surface area contributed by atoms with Gasteiger partial charge in [-0.05, 0) is 0 Å². The summed E-state index contributed by atoms with van der Waals surface area (Å²) in [5.41, 5.74) is 0. The zero-order chi connectivity index (χ0) is 18.2. The van der Waals surface area contributed by atoms with E-state index in [9.17, 15) is 21.0 Å². The average molecular weight is 388 g/mol. The van der Waals surface area contributed by atoms with Gasteiger partial charge in [-0.15, -0.1) is 0 Å². The Morgan fingerprint density at radius 3 is 0.880 bits per heavy atom. The van der Waals surface area contributed by atoms with Crippen molar-refractivity contribution in [2.24, 2.45) is 0 Å². The van der Waals surface area contributed by atoms with Gasteiger partial charge in [0.15, 0.2) is 0 Å². The van der Waals surface area contributed by atoms with E-state index in [4.69, 9.17) is 0 Å². The van der Waals surface area contributed by atoms with E-state index in [-0.39, 0.29) is 15.9 Å². The van der Waals surface area contributed by atoms with Gasteiger partial charge in [0.05, 0.1) is 0 Å². The van der Waals surface area contributed by atoms with Crippen molar-refractivity contribution in [1.82, 2.24) is 0 Å². The van der Waals surface area contributed by atoms with Crippen molar-refractivity contribution in [2.45, 2.75) is 0 Å². The van der Waals surface area contributed by atoms with Crippen LogP contribution in [0.2, 0.25) is 0 Å². The molecule has 25 heavy (non-hydrogen) atoms. The minimum absolute atomic E-state index is 0.388. The van der Waals surface area contributed by atoms with E-state index in [2.05, 4.69) is 0 Å². The van der Waals surface area contributed by atoms with E-state index < -0.39 is 14.1 Å². The monoisotopic (exact) mass is 388 g/mol. The Labute approximate surface area is 142 Å². The summed E-state index contributed by atoms with van der Waals surface area (Å²) in [6, 6.07) is 19.6. The Hall–Kier alpha value is -1.83.